The molecule has 0 saturated heterocycles. The molecule has 2 aromatic rings. The van der Waals surface area contributed by atoms with Crippen molar-refractivity contribution in [3.8, 4) is 22.6 Å². The minimum Gasteiger partial charge on any atom is -0.493 e. The molecular weight excluding hydrogens is 468 g/mol. The lowest BCUT2D eigenvalue weighted by Crippen LogP contribution is -2.41. The van der Waals surface area contributed by atoms with Gasteiger partial charge < -0.3 is 18.4 Å². The maximum absolute atomic E-state index is 6.34. The number of benzene rings is 2. The highest BCUT2D eigenvalue weighted by Crippen LogP contribution is 2.36. The molecule has 0 unspecified atom stereocenters. The molecule has 0 amide bonds. The molecule has 0 saturated carbocycles. The van der Waals surface area contributed by atoms with Crippen molar-refractivity contribution in [1.82, 2.24) is 0 Å². The van der Waals surface area contributed by atoms with Crippen molar-refractivity contribution in [1.29, 1.82) is 0 Å². The first-order valence-corrected chi connectivity index (χ1v) is 15.4. The Kier molecular flexibility index (Phi) is 14.8. The van der Waals surface area contributed by atoms with Crippen molar-refractivity contribution in [2.24, 2.45) is 0 Å². The summed E-state index contributed by atoms with van der Waals surface area (Å²) in [5.74, 6) is 1.89. The van der Waals surface area contributed by atoms with Crippen LogP contribution in [0, 0.1) is 0 Å². The summed E-state index contributed by atoms with van der Waals surface area (Å²) in [6, 6.07) is 16.8. The van der Waals surface area contributed by atoms with Crippen molar-refractivity contribution in [3.63, 3.8) is 0 Å². The van der Waals surface area contributed by atoms with E-state index in [2.05, 4.69) is 90.6 Å². The predicted molar refractivity (Wildman–Crippen MR) is 164 cm³/mol. The number of unbranched alkanes of at least 4 members (excludes halogenated alkanes) is 6. The topological polar surface area (TPSA) is 18.5 Å². The fourth-order valence-electron chi connectivity index (χ4n) is 5.14. The van der Waals surface area contributed by atoms with Gasteiger partial charge in [0.15, 0.2) is 0 Å². The van der Waals surface area contributed by atoms with Gasteiger partial charge in [0.25, 0.3) is 0 Å². The SMILES string of the molecule is CCCCCC[N+](C)(C)CCCOc1ccccc1-c1ccccc1OCCC[N+](C)(C)CCCCCC. The zero-order valence-electron chi connectivity index (χ0n) is 25.6. The standard InChI is InChI=1S/C34H58N2O2/c1-7-9-11-17-25-35(3,4)27-19-29-37-33-23-15-13-21-31(33)32-22-14-16-24-34(32)38-30-20-28-36(5,6)26-18-12-10-8-2/h13-16,21-24H,7-12,17-20,25-30H2,1-6H3/q+2. The lowest BCUT2D eigenvalue weighted by molar-refractivity contribution is -0.890. The van der Waals surface area contributed by atoms with Gasteiger partial charge in [0.2, 0.25) is 0 Å². The van der Waals surface area contributed by atoms with Gasteiger partial charge in [-0.3, -0.25) is 0 Å². The minimum absolute atomic E-state index is 0.738. The molecule has 0 bridgehead atoms. The summed E-state index contributed by atoms with van der Waals surface area (Å²) in [4.78, 5) is 0. The first kappa shape index (κ1) is 32.2. The largest absolute Gasteiger partial charge is 0.493 e. The first-order chi connectivity index (χ1) is 18.3. The number of para-hydroxylation sites is 2. The van der Waals surface area contributed by atoms with Gasteiger partial charge in [-0.1, -0.05) is 75.9 Å². The van der Waals surface area contributed by atoms with Gasteiger partial charge in [-0.2, -0.15) is 0 Å². The third-order valence-electron chi connectivity index (χ3n) is 7.63. The van der Waals surface area contributed by atoms with Crippen molar-refractivity contribution in [2.75, 3.05) is 67.6 Å². The lowest BCUT2D eigenvalue weighted by Gasteiger charge is -2.30. The average molecular weight is 527 g/mol. The molecule has 0 N–H and O–H groups in total. The summed E-state index contributed by atoms with van der Waals surface area (Å²) in [6.07, 6.45) is 12.7. The Morgan fingerprint density at radius 2 is 0.842 bits per heavy atom. The molecule has 2 aromatic carbocycles. The molecule has 0 fully saturated rings. The van der Waals surface area contributed by atoms with Crippen LogP contribution in [0.25, 0.3) is 11.1 Å². The van der Waals surface area contributed by atoms with Crippen LogP contribution in [0.4, 0.5) is 0 Å². The Balaban J connectivity index is 1.88. The number of ether oxygens (including phenoxy) is 2. The second kappa shape index (κ2) is 17.5. The zero-order chi connectivity index (χ0) is 27.7. The Morgan fingerprint density at radius 1 is 0.474 bits per heavy atom. The van der Waals surface area contributed by atoms with Gasteiger partial charge in [0, 0.05) is 24.0 Å². The minimum atomic E-state index is 0.738. The molecule has 0 heterocycles. The van der Waals surface area contributed by atoms with Crippen molar-refractivity contribution >= 4 is 0 Å². The van der Waals surface area contributed by atoms with Crippen molar-refractivity contribution < 1.29 is 18.4 Å². The number of rotatable bonds is 21. The Morgan fingerprint density at radius 3 is 1.24 bits per heavy atom. The van der Waals surface area contributed by atoms with Gasteiger partial charge in [0.1, 0.15) is 11.5 Å². The van der Waals surface area contributed by atoms with E-state index in [4.69, 9.17) is 9.47 Å². The first-order valence-electron chi connectivity index (χ1n) is 15.4. The molecule has 4 nitrogen and oxygen atoms in total. The molecule has 0 aliphatic rings. The highest BCUT2D eigenvalue weighted by molar-refractivity contribution is 5.75. The summed E-state index contributed by atoms with van der Waals surface area (Å²) in [6.45, 7) is 10.8. The van der Waals surface area contributed by atoms with E-state index < -0.39 is 0 Å². The smallest absolute Gasteiger partial charge is 0.127 e. The molecule has 0 spiro atoms. The van der Waals surface area contributed by atoms with Gasteiger partial charge in [-0.05, 0) is 37.8 Å². The van der Waals surface area contributed by atoms with Crippen LogP contribution in [0.2, 0.25) is 0 Å². The normalized spacial score (nSPS) is 12.1. The maximum atomic E-state index is 6.34. The molecule has 38 heavy (non-hydrogen) atoms. The molecule has 214 valence electrons. The highest BCUT2D eigenvalue weighted by atomic mass is 16.5. The van der Waals surface area contributed by atoms with Gasteiger partial charge in [-0.25, -0.2) is 0 Å². The quantitative estimate of drug-likeness (QED) is 0.121. The Hall–Kier alpha value is -2.04. The third kappa shape index (κ3) is 12.7. The molecule has 4 heteroatoms. The predicted octanol–water partition coefficient (Wildman–Crippen LogP) is 8.20. The third-order valence-corrected chi connectivity index (χ3v) is 7.63. The highest BCUT2D eigenvalue weighted by Gasteiger charge is 2.17. The summed E-state index contributed by atoms with van der Waals surface area (Å²) in [5.41, 5.74) is 2.23. The van der Waals surface area contributed by atoms with Crippen LogP contribution in [-0.2, 0) is 0 Å². The second-order valence-corrected chi connectivity index (χ2v) is 12.3. The summed E-state index contributed by atoms with van der Waals surface area (Å²) < 4.78 is 14.8. The molecule has 0 aromatic heterocycles. The lowest BCUT2D eigenvalue weighted by atomic mass is 10.0. The summed E-state index contributed by atoms with van der Waals surface area (Å²) in [5, 5.41) is 0. The monoisotopic (exact) mass is 526 g/mol. The summed E-state index contributed by atoms with van der Waals surface area (Å²) >= 11 is 0. The van der Waals surface area contributed by atoms with Crippen molar-refractivity contribution in [2.45, 2.75) is 78.1 Å². The number of nitrogens with zero attached hydrogens (tertiary/aromatic N) is 2. The summed E-state index contributed by atoms with van der Waals surface area (Å²) in [7, 11) is 9.39. The average Bonchev–Trinajstić information content (AvgIpc) is 2.90. The van der Waals surface area contributed by atoms with Crippen LogP contribution >= 0.6 is 0 Å². The maximum Gasteiger partial charge on any atom is 0.127 e. The molecule has 0 aliphatic carbocycles. The fraction of sp³-hybridized carbons (Fsp3) is 0.647. The number of hydrogen-bond acceptors (Lipinski definition) is 2. The van der Waals surface area contributed by atoms with Crippen LogP contribution in [0.1, 0.15) is 78.1 Å². The molecule has 2 rings (SSSR count). The van der Waals surface area contributed by atoms with E-state index in [1.165, 1.54) is 64.5 Å². The second-order valence-electron chi connectivity index (χ2n) is 12.3. The van der Waals surface area contributed by atoms with Crippen LogP contribution in [-0.4, -0.2) is 76.5 Å². The van der Waals surface area contributed by atoms with Crippen LogP contribution in [0.15, 0.2) is 48.5 Å². The fourth-order valence-corrected chi connectivity index (χ4v) is 5.14. The van der Waals surface area contributed by atoms with Crippen LogP contribution in [0.3, 0.4) is 0 Å². The van der Waals surface area contributed by atoms with Gasteiger partial charge in [0.05, 0.1) is 67.6 Å². The van der Waals surface area contributed by atoms with E-state index in [-0.39, 0.29) is 0 Å². The van der Waals surface area contributed by atoms with E-state index in [1.807, 2.05) is 0 Å². The molecule has 0 radical (unpaired) electrons. The van der Waals surface area contributed by atoms with Crippen molar-refractivity contribution in [3.05, 3.63) is 48.5 Å². The van der Waals surface area contributed by atoms with Crippen LogP contribution < -0.4 is 9.47 Å². The Labute approximate surface area is 235 Å². The van der Waals surface area contributed by atoms with E-state index in [0.717, 1.165) is 70.7 Å². The molecular formula is C34H58N2O2+2. The van der Waals surface area contributed by atoms with Gasteiger partial charge >= 0.3 is 0 Å². The van der Waals surface area contributed by atoms with Crippen LogP contribution in [0.5, 0.6) is 11.5 Å². The zero-order valence-corrected chi connectivity index (χ0v) is 25.6. The van der Waals surface area contributed by atoms with E-state index in [9.17, 15) is 0 Å². The van der Waals surface area contributed by atoms with E-state index in [0.29, 0.717) is 0 Å². The Bertz CT molecular complexity index is 820. The number of quaternary nitrogens is 2. The molecule has 0 atom stereocenters. The van der Waals surface area contributed by atoms with E-state index >= 15 is 0 Å². The van der Waals surface area contributed by atoms with Gasteiger partial charge in [-0.15, -0.1) is 0 Å². The number of hydrogen-bond donors (Lipinski definition) is 0. The van der Waals surface area contributed by atoms with E-state index in [1.54, 1.807) is 0 Å². The molecule has 0 aliphatic heterocycles.